The zero-order valence-electron chi connectivity index (χ0n) is 37.5. The Balaban J connectivity index is 0.751. The maximum Gasteiger partial charge on any atom is 0.266 e. The molecule has 13 nitrogen and oxygen atoms in total. The van der Waals surface area contributed by atoms with Gasteiger partial charge in [0.25, 0.3) is 35.4 Å². The number of fused-ring (bicyclic) bond motifs is 4. The molecule has 0 spiro atoms. The van der Waals surface area contributed by atoms with Crippen LogP contribution in [0, 0.1) is 13.8 Å². The zero-order chi connectivity index (χ0) is 49.0. The van der Waals surface area contributed by atoms with Gasteiger partial charge in [-0.25, -0.2) is 9.80 Å². The van der Waals surface area contributed by atoms with Crippen molar-refractivity contribution in [3.63, 3.8) is 0 Å². The minimum atomic E-state index is -0.992. The Labute approximate surface area is 398 Å². The average molecular weight is 922 g/mol. The van der Waals surface area contributed by atoms with E-state index in [9.17, 15) is 47.9 Å². The Kier molecular flexibility index (Phi) is 9.81. The number of rotatable bonds is 9. The molecular weight excluding hydrogens is 887 g/mol. The molecule has 0 saturated heterocycles. The second-order valence-electron chi connectivity index (χ2n) is 17.8. The van der Waals surface area contributed by atoms with Crippen molar-refractivity contribution in [3.05, 3.63) is 234 Å². The number of hydrogen-bond acceptors (Lipinski definition) is 10. The van der Waals surface area contributed by atoms with Crippen molar-refractivity contribution in [1.82, 2.24) is 4.90 Å². The molecule has 3 heterocycles. The lowest BCUT2D eigenvalue weighted by atomic mass is 9.92. The molecule has 0 aromatic heterocycles. The molecule has 1 aliphatic carbocycles. The summed E-state index contributed by atoms with van der Waals surface area (Å²) in [6.45, 7) is 3.86. The molecule has 1 atom stereocenters. The third-order valence-electron chi connectivity index (χ3n) is 13.6. The van der Waals surface area contributed by atoms with Gasteiger partial charge in [0.1, 0.15) is 5.92 Å². The minimum Gasteiger partial charge on any atom is -0.293 e. The van der Waals surface area contributed by atoms with Gasteiger partial charge in [0, 0.05) is 40.4 Å². The number of anilines is 2. The maximum absolute atomic E-state index is 13.8. The van der Waals surface area contributed by atoms with Gasteiger partial charge in [-0.15, -0.1) is 0 Å². The zero-order valence-corrected chi connectivity index (χ0v) is 37.5. The number of carbonyl (C=O) groups is 10. The summed E-state index contributed by atoms with van der Waals surface area (Å²) in [4.78, 5) is 137. The van der Waals surface area contributed by atoms with Crippen LogP contribution in [0.5, 0.6) is 0 Å². The van der Waals surface area contributed by atoms with E-state index < -0.39 is 52.9 Å². The second kappa shape index (κ2) is 15.9. The highest BCUT2D eigenvalue weighted by atomic mass is 16.2. The summed E-state index contributed by atoms with van der Waals surface area (Å²) in [5, 5.41) is 0. The summed E-state index contributed by atoms with van der Waals surface area (Å²) in [6, 6.07) is 36.3. The van der Waals surface area contributed by atoms with Crippen molar-refractivity contribution < 1.29 is 47.9 Å². The number of aryl methyl sites for hydroxylation is 2. The average Bonchev–Trinajstić information content (AvgIpc) is 3.96. The number of Topliss-reactive ketones (excluding diaryl/α,β-unsaturated/α-hetero) is 2. The third kappa shape index (κ3) is 6.61. The summed E-state index contributed by atoms with van der Waals surface area (Å²) in [5.74, 6) is -5.98. The van der Waals surface area contributed by atoms with Crippen molar-refractivity contribution in [3.8, 4) is 0 Å². The van der Waals surface area contributed by atoms with E-state index in [1.54, 1.807) is 54.6 Å². The van der Waals surface area contributed by atoms with Crippen molar-refractivity contribution in [1.29, 1.82) is 0 Å². The third-order valence-corrected chi connectivity index (χ3v) is 13.6. The van der Waals surface area contributed by atoms with E-state index >= 15 is 0 Å². The molecule has 0 saturated carbocycles. The SMILES string of the molecule is Cc1ccc(C2C(=O)c3ccc(C(=O)c4ccc5c(c4)C(=O)N(c4ccc(Cc6ccc(N7C(=O)c8ccc(C(=O)c9ccc%10c(c9)C(=O)N(C)C%10=O)cc8C7=O)cc6)cc4)C5=O)cc3C2=O)cc1C. The Bertz CT molecular complexity index is 3660. The number of carbonyl (C=O) groups excluding carboxylic acids is 10. The number of benzene rings is 7. The lowest BCUT2D eigenvalue weighted by molar-refractivity contribution is 0.0690. The second-order valence-corrected chi connectivity index (χ2v) is 17.8. The Morgan fingerprint density at radius 2 is 0.757 bits per heavy atom. The molecule has 4 aliphatic rings. The lowest BCUT2D eigenvalue weighted by Crippen LogP contribution is -2.29. The molecule has 70 heavy (non-hydrogen) atoms. The van der Waals surface area contributed by atoms with Crippen LogP contribution < -0.4 is 9.80 Å². The van der Waals surface area contributed by atoms with E-state index in [-0.39, 0.29) is 78.3 Å². The highest BCUT2D eigenvalue weighted by molar-refractivity contribution is 6.36. The normalized spacial score (nSPS) is 15.8. The van der Waals surface area contributed by atoms with Crippen LogP contribution in [0.15, 0.2) is 140 Å². The van der Waals surface area contributed by atoms with E-state index in [0.717, 1.165) is 37.0 Å². The first-order valence-electron chi connectivity index (χ1n) is 22.2. The molecule has 3 aliphatic heterocycles. The van der Waals surface area contributed by atoms with Gasteiger partial charge in [-0.05, 0) is 121 Å². The number of hydrogen-bond donors (Lipinski definition) is 0. The fraction of sp³-hybridized carbons (Fsp3) is 0.0877. The van der Waals surface area contributed by atoms with Crippen LogP contribution in [-0.4, -0.2) is 70.5 Å². The van der Waals surface area contributed by atoms with Gasteiger partial charge >= 0.3 is 0 Å². The molecule has 7 aromatic rings. The molecule has 338 valence electrons. The largest absolute Gasteiger partial charge is 0.293 e. The van der Waals surface area contributed by atoms with E-state index in [1.165, 1.54) is 79.8 Å². The first kappa shape index (κ1) is 43.2. The van der Waals surface area contributed by atoms with Crippen LogP contribution in [0.4, 0.5) is 11.4 Å². The minimum absolute atomic E-state index is 0.0510. The van der Waals surface area contributed by atoms with Crippen molar-refractivity contribution in [2.75, 3.05) is 16.8 Å². The molecule has 11 rings (SSSR count). The van der Waals surface area contributed by atoms with Crippen LogP contribution in [0.3, 0.4) is 0 Å². The van der Waals surface area contributed by atoms with E-state index in [4.69, 9.17) is 0 Å². The summed E-state index contributed by atoms with van der Waals surface area (Å²) in [6.07, 6.45) is 0.426. The van der Waals surface area contributed by atoms with Gasteiger partial charge in [-0.1, -0.05) is 66.7 Å². The molecule has 13 heteroatoms. The van der Waals surface area contributed by atoms with E-state index in [2.05, 4.69) is 0 Å². The Hall–Kier alpha value is -9.36. The van der Waals surface area contributed by atoms with Crippen LogP contribution >= 0.6 is 0 Å². The van der Waals surface area contributed by atoms with Crippen molar-refractivity contribution >= 4 is 70.0 Å². The van der Waals surface area contributed by atoms with Gasteiger partial charge in [0.05, 0.1) is 44.8 Å². The standard InChI is InChI=1S/C57H35N3O10/c1-28-4-9-32(22-29(28)2)47-50(63)39-18-10-33(24-43(39)51(47)64)48(61)35-12-20-41-45(26-35)56(69)59(54(41)67)37-14-5-30(6-15-37)23-31-7-16-38(17-8-31)60-55(68)42-21-13-36(27-46(42)57(60)70)49(62)34-11-19-40-44(25-34)53(66)58(3)52(40)65/h4-22,24-27,47H,23H2,1-3H3. The predicted molar refractivity (Wildman–Crippen MR) is 254 cm³/mol. The van der Waals surface area contributed by atoms with Crippen LogP contribution in [0.25, 0.3) is 0 Å². The van der Waals surface area contributed by atoms with Gasteiger partial charge in [-0.3, -0.25) is 52.8 Å². The van der Waals surface area contributed by atoms with Gasteiger partial charge < -0.3 is 0 Å². The number of nitrogens with zero attached hydrogens (tertiary/aromatic N) is 3. The Morgan fingerprint density at radius 3 is 1.21 bits per heavy atom. The van der Waals surface area contributed by atoms with E-state index in [0.29, 0.717) is 23.4 Å². The summed E-state index contributed by atoms with van der Waals surface area (Å²) >= 11 is 0. The first-order valence-corrected chi connectivity index (χ1v) is 22.2. The summed E-state index contributed by atoms with van der Waals surface area (Å²) < 4.78 is 0. The van der Waals surface area contributed by atoms with Crippen LogP contribution in [0.2, 0.25) is 0 Å². The highest BCUT2D eigenvalue weighted by Gasteiger charge is 2.42. The molecule has 7 aromatic carbocycles. The molecule has 6 amide bonds. The molecule has 0 bridgehead atoms. The smallest absolute Gasteiger partial charge is 0.266 e. The van der Waals surface area contributed by atoms with Crippen LogP contribution in [0.1, 0.15) is 148 Å². The molecule has 0 N–H and O–H groups in total. The quantitative estimate of drug-likeness (QED) is 0.0776. The van der Waals surface area contributed by atoms with Crippen molar-refractivity contribution in [2.24, 2.45) is 0 Å². The Morgan fingerprint density at radius 1 is 0.386 bits per heavy atom. The lowest BCUT2D eigenvalue weighted by Gasteiger charge is -2.15. The fourth-order valence-corrected chi connectivity index (χ4v) is 9.61. The number of imide groups is 3. The van der Waals surface area contributed by atoms with Gasteiger partial charge in [0.15, 0.2) is 23.1 Å². The van der Waals surface area contributed by atoms with Crippen LogP contribution in [-0.2, 0) is 6.42 Å². The van der Waals surface area contributed by atoms with Gasteiger partial charge in [0.2, 0.25) is 0 Å². The summed E-state index contributed by atoms with van der Waals surface area (Å²) in [7, 11) is 1.36. The molecular formula is C57H35N3O10. The molecule has 1 unspecified atom stereocenters. The van der Waals surface area contributed by atoms with Crippen molar-refractivity contribution in [2.45, 2.75) is 26.2 Å². The molecule has 0 fully saturated rings. The fourth-order valence-electron chi connectivity index (χ4n) is 9.61. The number of ketones is 4. The topological polar surface area (TPSA) is 180 Å². The van der Waals surface area contributed by atoms with Gasteiger partial charge in [-0.2, -0.15) is 0 Å². The predicted octanol–water partition coefficient (Wildman–Crippen LogP) is 8.35. The first-order chi connectivity index (χ1) is 33.6. The molecule has 0 radical (unpaired) electrons. The highest BCUT2D eigenvalue weighted by Crippen LogP contribution is 2.37. The number of amides is 6. The van der Waals surface area contributed by atoms with E-state index in [1.807, 2.05) is 26.0 Å². The summed E-state index contributed by atoms with van der Waals surface area (Å²) in [5.41, 5.74) is 6.56. The monoisotopic (exact) mass is 921 g/mol. The maximum atomic E-state index is 13.8.